The van der Waals surface area contributed by atoms with Crippen molar-refractivity contribution in [3.63, 3.8) is 0 Å². The van der Waals surface area contributed by atoms with E-state index in [1.165, 1.54) is 18.5 Å². The highest BCUT2D eigenvalue weighted by Crippen LogP contribution is 2.28. The summed E-state index contributed by atoms with van der Waals surface area (Å²) in [6.45, 7) is 3.70. The van der Waals surface area contributed by atoms with E-state index in [1.807, 2.05) is 17.8 Å². The highest BCUT2D eigenvalue weighted by atomic mass is 32.2. The normalized spacial score (nSPS) is 15.7. The molecule has 10 heteroatoms. The molecule has 0 radical (unpaired) electrons. The maximum Gasteiger partial charge on any atom is 0.253 e. The van der Waals surface area contributed by atoms with Crippen LogP contribution >= 0.6 is 0 Å². The number of carbonyl (C=O) groups excluding carboxylic acids is 1. The van der Waals surface area contributed by atoms with E-state index in [0.29, 0.717) is 54.5 Å². The van der Waals surface area contributed by atoms with Gasteiger partial charge in [-0.05, 0) is 55.2 Å². The van der Waals surface area contributed by atoms with Crippen molar-refractivity contribution in [1.29, 1.82) is 0 Å². The first kappa shape index (κ1) is 25.0. The van der Waals surface area contributed by atoms with Gasteiger partial charge in [0, 0.05) is 50.2 Å². The topological polar surface area (TPSA) is 118 Å². The number of fused-ring (bicyclic) bond motifs is 1. The maximum atomic E-state index is 13.1. The van der Waals surface area contributed by atoms with Gasteiger partial charge in [0.25, 0.3) is 5.91 Å². The van der Waals surface area contributed by atoms with E-state index in [0.717, 1.165) is 12.1 Å². The quantitative estimate of drug-likeness (QED) is 0.399. The lowest BCUT2D eigenvalue weighted by molar-refractivity contribution is -0.0162. The second kappa shape index (κ2) is 10.0. The summed E-state index contributed by atoms with van der Waals surface area (Å²) in [7, 11) is -3.66. The third-order valence-electron chi connectivity index (χ3n) is 6.88. The number of amides is 1. The Morgan fingerprint density at radius 1 is 1.03 bits per heavy atom. The van der Waals surface area contributed by atoms with E-state index in [-0.39, 0.29) is 16.6 Å². The number of aliphatic hydroxyl groups is 1. The Morgan fingerprint density at radius 3 is 2.46 bits per heavy atom. The minimum absolute atomic E-state index is 0.125. The molecule has 9 nitrogen and oxygen atoms in total. The third-order valence-corrected chi connectivity index (χ3v) is 8.59. The van der Waals surface area contributed by atoms with Crippen LogP contribution in [-0.2, 0) is 28.6 Å². The Bertz CT molecular complexity index is 1520. The van der Waals surface area contributed by atoms with Crippen LogP contribution in [0.5, 0.6) is 0 Å². The number of rotatable bonds is 7. The molecule has 1 aliphatic rings. The zero-order valence-electron chi connectivity index (χ0n) is 20.6. The summed E-state index contributed by atoms with van der Waals surface area (Å²) in [6.07, 6.45) is 8.23. The number of para-hydroxylation sites is 1. The number of benzene rings is 2. The lowest BCUT2D eigenvalue weighted by Crippen LogP contribution is -2.47. The molecular weight excluding hydrogens is 490 g/mol. The summed E-state index contributed by atoms with van der Waals surface area (Å²) >= 11 is 0. The molecule has 0 atom stereocenters. The van der Waals surface area contributed by atoms with Gasteiger partial charge in [-0.3, -0.25) is 19.4 Å². The molecule has 37 heavy (non-hydrogen) atoms. The van der Waals surface area contributed by atoms with Gasteiger partial charge >= 0.3 is 0 Å². The number of hydrogen-bond donors (Lipinski definition) is 1. The molecule has 1 fully saturated rings. The van der Waals surface area contributed by atoms with Gasteiger partial charge in [0.15, 0.2) is 9.84 Å². The van der Waals surface area contributed by atoms with Gasteiger partial charge in [-0.25, -0.2) is 8.42 Å². The van der Waals surface area contributed by atoms with Crippen molar-refractivity contribution < 1.29 is 18.3 Å². The molecule has 192 valence electrons. The monoisotopic (exact) mass is 519 g/mol. The van der Waals surface area contributed by atoms with Crippen LogP contribution < -0.4 is 0 Å². The zero-order valence-corrected chi connectivity index (χ0v) is 21.4. The SMILES string of the molecule is CCn1cc(CC2(O)CCN(C(=O)c3ccc(CS(=O)(=O)c4cccc5nccnc45)cc3)CC2)cn1. The molecule has 1 saturated heterocycles. The summed E-state index contributed by atoms with van der Waals surface area (Å²) in [4.78, 5) is 23.3. The standard InChI is InChI=1S/C27H29N5O4S/c1-2-32-18-21(17-30-32)16-27(34)10-14-31(15-11-27)26(33)22-8-6-20(7-9-22)19-37(35,36)24-5-3-4-23-25(24)29-13-12-28-23/h3-9,12-13,17-18,34H,2,10-11,14-16,19H2,1H3. The summed E-state index contributed by atoms with van der Waals surface area (Å²) < 4.78 is 28.1. The summed E-state index contributed by atoms with van der Waals surface area (Å²) in [5.41, 5.74) is 2.08. The predicted octanol–water partition coefficient (Wildman–Crippen LogP) is 3.03. The van der Waals surface area contributed by atoms with Gasteiger partial charge in [0.05, 0.1) is 28.0 Å². The summed E-state index contributed by atoms with van der Waals surface area (Å²) in [5, 5.41) is 15.3. The van der Waals surface area contributed by atoms with E-state index in [4.69, 9.17) is 0 Å². The van der Waals surface area contributed by atoms with Crippen molar-refractivity contribution in [3.05, 3.63) is 83.9 Å². The molecule has 3 heterocycles. The Balaban J connectivity index is 1.22. The van der Waals surface area contributed by atoms with E-state index in [2.05, 4.69) is 15.1 Å². The first-order valence-corrected chi connectivity index (χ1v) is 14.0. The molecule has 1 N–H and O–H groups in total. The number of piperidine rings is 1. The van der Waals surface area contributed by atoms with Crippen molar-refractivity contribution in [3.8, 4) is 0 Å². The largest absolute Gasteiger partial charge is 0.389 e. The van der Waals surface area contributed by atoms with Crippen LogP contribution in [0.1, 0.15) is 41.3 Å². The second-order valence-corrected chi connectivity index (χ2v) is 11.5. The predicted molar refractivity (Wildman–Crippen MR) is 139 cm³/mol. The molecule has 0 bridgehead atoms. The molecular formula is C27H29N5O4S. The minimum atomic E-state index is -3.66. The first-order valence-electron chi connectivity index (χ1n) is 12.3. The Hall–Kier alpha value is -3.63. The lowest BCUT2D eigenvalue weighted by atomic mass is 9.86. The number of aryl methyl sites for hydroxylation is 1. The fraction of sp³-hybridized carbons (Fsp3) is 0.333. The maximum absolute atomic E-state index is 13.1. The van der Waals surface area contributed by atoms with E-state index in [1.54, 1.807) is 47.5 Å². The van der Waals surface area contributed by atoms with Crippen LogP contribution in [-0.4, -0.2) is 62.8 Å². The zero-order chi connectivity index (χ0) is 26.0. The van der Waals surface area contributed by atoms with Gasteiger partial charge in [-0.2, -0.15) is 5.10 Å². The number of carbonyl (C=O) groups is 1. The minimum Gasteiger partial charge on any atom is -0.389 e. The molecule has 0 saturated carbocycles. The van der Waals surface area contributed by atoms with Crippen LogP contribution in [0, 0.1) is 0 Å². The Labute approximate surface area is 215 Å². The van der Waals surface area contributed by atoms with Gasteiger partial charge in [0.2, 0.25) is 0 Å². The van der Waals surface area contributed by atoms with Crippen molar-refractivity contribution in [2.45, 2.75) is 49.0 Å². The molecule has 0 spiro atoms. The molecule has 5 rings (SSSR count). The lowest BCUT2D eigenvalue weighted by Gasteiger charge is -2.38. The highest BCUT2D eigenvalue weighted by molar-refractivity contribution is 7.90. The van der Waals surface area contributed by atoms with E-state index >= 15 is 0 Å². The number of sulfone groups is 1. The summed E-state index contributed by atoms with van der Waals surface area (Å²) in [5.74, 6) is -0.331. The van der Waals surface area contributed by atoms with E-state index < -0.39 is 15.4 Å². The fourth-order valence-electron chi connectivity index (χ4n) is 4.79. The first-order chi connectivity index (χ1) is 17.8. The molecule has 1 aliphatic heterocycles. The average Bonchev–Trinajstić information content (AvgIpc) is 3.35. The number of hydrogen-bond acceptors (Lipinski definition) is 7. The smallest absolute Gasteiger partial charge is 0.253 e. The van der Waals surface area contributed by atoms with Gasteiger partial charge in [0.1, 0.15) is 5.52 Å². The molecule has 2 aromatic carbocycles. The third kappa shape index (κ3) is 5.40. The van der Waals surface area contributed by atoms with Crippen molar-refractivity contribution in [2.24, 2.45) is 0 Å². The number of likely N-dealkylation sites (tertiary alicyclic amines) is 1. The van der Waals surface area contributed by atoms with Crippen LogP contribution in [0.2, 0.25) is 0 Å². The van der Waals surface area contributed by atoms with Crippen molar-refractivity contribution in [1.82, 2.24) is 24.6 Å². The van der Waals surface area contributed by atoms with Gasteiger partial charge < -0.3 is 10.0 Å². The molecule has 1 amide bonds. The average molecular weight is 520 g/mol. The molecule has 2 aromatic heterocycles. The van der Waals surface area contributed by atoms with Crippen LogP contribution in [0.15, 0.2) is 72.1 Å². The Kier molecular flexibility index (Phi) is 6.78. The second-order valence-electron chi connectivity index (χ2n) is 9.53. The summed E-state index contributed by atoms with van der Waals surface area (Å²) in [6, 6.07) is 11.6. The van der Waals surface area contributed by atoms with Crippen molar-refractivity contribution in [2.75, 3.05) is 13.1 Å². The van der Waals surface area contributed by atoms with Gasteiger partial charge in [-0.1, -0.05) is 18.2 Å². The molecule has 0 unspecified atom stereocenters. The van der Waals surface area contributed by atoms with Crippen LogP contribution in [0.25, 0.3) is 11.0 Å². The molecule has 4 aromatic rings. The van der Waals surface area contributed by atoms with Gasteiger partial charge in [-0.15, -0.1) is 0 Å². The number of nitrogens with zero attached hydrogens (tertiary/aromatic N) is 5. The molecule has 0 aliphatic carbocycles. The van der Waals surface area contributed by atoms with Crippen LogP contribution in [0.3, 0.4) is 0 Å². The number of aromatic nitrogens is 4. The fourth-order valence-corrected chi connectivity index (χ4v) is 6.32. The Morgan fingerprint density at radius 2 is 1.76 bits per heavy atom. The van der Waals surface area contributed by atoms with E-state index in [9.17, 15) is 18.3 Å². The highest BCUT2D eigenvalue weighted by Gasteiger charge is 2.34. The van der Waals surface area contributed by atoms with Crippen LogP contribution in [0.4, 0.5) is 0 Å². The van der Waals surface area contributed by atoms with Crippen molar-refractivity contribution >= 4 is 26.8 Å².